The summed E-state index contributed by atoms with van der Waals surface area (Å²) in [6.07, 6.45) is 3.74. The molecule has 1 aliphatic heterocycles. The molecule has 1 aromatic heterocycles. The van der Waals surface area contributed by atoms with Gasteiger partial charge in [-0.2, -0.15) is 17.6 Å². The SMILES string of the molecule is Cc1ccn(CC2(CS)CCOCC2)c(=O)n1. The van der Waals surface area contributed by atoms with E-state index in [0.717, 1.165) is 37.5 Å². The number of aryl methyl sites for hydroxylation is 1. The number of thiol groups is 1. The van der Waals surface area contributed by atoms with Crippen LogP contribution in [0.15, 0.2) is 17.1 Å². The predicted octanol–water partition coefficient (Wildman–Crippen LogP) is 1.28. The number of hydrogen-bond donors (Lipinski definition) is 1. The summed E-state index contributed by atoms with van der Waals surface area (Å²) in [5.74, 6) is 0.774. The lowest BCUT2D eigenvalue weighted by molar-refractivity contribution is 0.0175. The lowest BCUT2D eigenvalue weighted by Crippen LogP contribution is -2.39. The third-order valence-electron chi connectivity index (χ3n) is 3.41. The van der Waals surface area contributed by atoms with Crippen molar-refractivity contribution in [1.82, 2.24) is 9.55 Å². The second-order valence-electron chi connectivity index (χ2n) is 4.75. The average molecular weight is 254 g/mol. The normalized spacial score (nSPS) is 19.2. The Morgan fingerprint density at radius 2 is 2.24 bits per heavy atom. The van der Waals surface area contributed by atoms with Gasteiger partial charge in [0.2, 0.25) is 0 Å². The van der Waals surface area contributed by atoms with Crippen LogP contribution in [0.2, 0.25) is 0 Å². The first-order valence-electron chi connectivity index (χ1n) is 5.88. The first-order chi connectivity index (χ1) is 8.15. The van der Waals surface area contributed by atoms with Crippen LogP contribution in [0.3, 0.4) is 0 Å². The molecule has 1 aromatic rings. The van der Waals surface area contributed by atoms with Crippen LogP contribution in [0.5, 0.6) is 0 Å². The standard InChI is InChI=1S/C12H18N2O2S/c1-10-2-5-14(11(15)13-10)8-12(9-17)3-6-16-7-4-12/h2,5,17H,3-4,6-9H2,1H3. The highest BCUT2D eigenvalue weighted by Gasteiger charge is 2.32. The van der Waals surface area contributed by atoms with Gasteiger partial charge in [0.05, 0.1) is 0 Å². The van der Waals surface area contributed by atoms with Gasteiger partial charge in [0.25, 0.3) is 0 Å². The first-order valence-corrected chi connectivity index (χ1v) is 6.51. The van der Waals surface area contributed by atoms with Crippen LogP contribution in [0.4, 0.5) is 0 Å². The molecule has 0 radical (unpaired) electrons. The molecule has 1 fully saturated rings. The fourth-order valence-corrected chi connectivity index (χ4v) is 2.58. The molecule has 0 spiro atoms. The lowest BCUT2D eigenvalue weighted by atomic mass is 9.82. The van der Waals surface area contributed by atoms with E-state index in [9.17, 15) is 4.79 Å². The number of nitrogens with zero attached hydrogens (tertiary/aromatic N) is 2. The van der Waals surface area contributed by atoms with Crippen LogP contribution in [-0.2, 0) is 11.3 Å². The van der Waals surface area contributed by atoms with Gasteiger partial charge in [-0.25, -0.2) is 4.79 Å². The molecule has 1 saturated heterocycles. The van der Waals surface area contributed by atoms with Gasteiger partial charge in [-0.15, -0.1) is 0 Å². The molecule has 0 aliphatic carbocycles. The molecule has 2 rings (SSSR count). The summed E-state index contributed by atoms with van der Waals surface area (Å²) in [6, 6.07) is 1.87. The van der Waals surface area contributed by atoms with Crippen molar-refractivity contribution in [2.75, 3.05) is 19.0 Å². The van der Waals surface area contributed by atoms with E-state index in [4.69, 9.17) is 4.74 Å². The summed E-state index contributed by atoms with van der Waals surface area (Å²) < 4.78 is 7.07. The van der Waals surface area contributed by atoms with Crippen molar-refractivity contribution < 1.29 is 4.74 Å². The maximum atomic E-state index is 11.8. The smallest absolute Gasteiger partial charge is 0.347 e. The summed E-state index contributed by atoms with van der Waals surface area (Å²) in [4.78, 5) is 15.7. The maximum absolute atomic E-state index is 11.8. The molecule has 17 heavy (non-hydrogen) atoms. The zero-order chi connectivity index (χ0) is 12.3. The van der Waals surface area contributed by atoms with E-state index >= 15 is 0 Å². The molecule has 0 atom stereocenters. The van der Waals surface area contributed by atoms with Crippen LogP contribution >= 0.6 is 12.6 Å². The molecular formula is C12H18N2O2S. The summed E-state index contributed by atoms with van der Waals surface area (Å²) in [7, 11) is 0. The van der Waals surface area contributed by atoms with Gasteiger partial charge in [-0.3, -0.25) is 4.57 Å². The van der Waals surface area contributed by atoms with E-state index in [2.05, 4.69) is 17.6 Å². The Morgan fingerprint density at radius 1 is 1.53 bits per heavy atom. The fraction of sp³-hybridized carbons (Fsp3) is 0.667. The molecule has 2 heterocycles. The van der Waals surface area contributed by atoms with E-state index < -0.39 is 0 Å². The first kappa shape index (κ1) is 12.6. The summed E-state index contributed by atoms with van der Waals surface area (Å²) in [6.45, 7) is 4.03. The molecule has 0 bridgehead atoms. The zero-order valence-electron chi connectivity index (χ0n) is 10.1. The van der Waals surface area contributed by atoms with Crippen molar-refractivity contribution in [1.29, 1.82) is 0 Å². The topological polar surface area (TPSA) is 44.1 Å². The van der Waals surface area contributed by atoms with Crippen LogP contribution in [0.1, 0.15) is 18.5 Å². The second kappa shape index (κ2) is 5.23. The van der Waals surface area contributed by atoms with Crippen LogP contribution in [0, 0.1) is 12.3 Å². The Kier molecular flexibility index (Phi) is 3.89. The van der Waals surface area contributed by atoms with Crippen LogP contribution in [0.25, 0.3) is 0 Å². The maximum Gasteiger partial charge on any atom is 0.347 e. The van der Waals surface area contributed by atoms with Gasteiger partial charge < -0.3 is 4.74 Å². The van der Waals surface area contributed by atoms with E-state index in [0.29, 0.717) is 6.54 Å². The third-order valence-corrected chi connectivity index (χ3v) is 4.08. The van der Waals surface area contributed by atoms with Crippen molar-refractivity contribution in [2.45, 2.75) is 26.3 Å². The van der Waals surface area contributed by atoms with Gasteiger partial charge in [0.15, 0.2) is 0 Å². The molecule has 5 heteroatoms. The van der Waals surface area contributed by atoms with Crippen molar-refractivity contribution in [3.63, 3.8) is 0 Å². The van der Waals surface area contributed by atoms with Crippen molar-refractivity contribution in [3.8, 4) is 0 Å². The minimum atomic E-state index is -0.169. The molecule has 94 valence electrons. The highest BCUT2D eigenvalue weighted by atomic mass is 32.1. The Balaban J connectivity index is 2.20. The molecule has 0 saturated carbocycles. The molecule has 1 aliphatic rings. The van der Waals surface area contributed by atoms with Gasteiger partial charge in [0, 0.05) is 37.1 Å². The molecule has 4 nitrogen and oxygen atoms in total. The van der Waals surface area contributed by atoms with Gasteiger partial charge in [-0.1, -0.05) is 0 Å². The number of aromatic nitrogens is 2. The highest BCUT2D eigenvalue weighted by molar-refractivity contribution is 7.80. The van der Waals surface area contributed by atoms with E-state index in [1.807, 2.05) is 19.2 Å². The van der Waals surface area contributed by atoms with Crippen molar-refractivity contribution in [3.05, 3.63) is 28.4 Å². The third kappa shape index (κ3) is 2.90. The summed E-state index contributed by atoms with van der Waals surface area (Å²) >= 11 is 4.44. The van der Waals surface area contributed by atoms with Crippen molar-refractivity contribution >= 4 is 12.6 Å². The van der Waals surface area contributed by atoms with Crippen LogP contribution < -0.4 is 5.69 Å². The average Bonchev–Trinajstić information content (AvgIpc) is 2.34. The number of ether oxygens (including phenoxy) is 1. The number of hydrogen-bond acceptors (Lipinski definition) is 4. The van der Waals surface area contributed by atoms with E-state index in [1.165, 1.54) is 0 Å². The summed E-state index contributed by atoms with van der Waals surface area (Å²) in [5, 5.41) is 0. The van der Waals surface area contributed by atoms with Crippen molar-refractivity contribution in [2.24, 2.45) is 5.41 Å². The predicted molar refractivity (Wildman–Crippen MR) is 69.6 cm³/mol. The Labute approximate surface area is 106 Å². The zero-order valence-corrected chi connectivity index (χ0v) is 10.9. The van der Waals surface area contributed by atoms with E-state index in [1.54, 1.807) is 4.57 Å². The second-order valence-corrected chi connectivity index (χ2v) is 5.07. The largest absolute Gasteiger partial charge is 0.381 e. The van der Waals surface area contributed by atoms with E-state index in [-0.39, 0.29) is 11.1 Å². The molecule has 0 N–H and O–H groups in total. The Hall–Kier alpha value is -0.810. The Morgan fingerprint density at radius 3 is 2.82 bits per heavy atom. The molecule has 0 unspecified atom stereocenters. The molecular weight excluding hydrogens is 236 g/mol. The Bertz CT molecular complexity index is 438. The van der Waals surface area contributed by atoms with Gasteiger partial charge in [-0.05, 0) is 31.6 Å². The monoisotopic (exact) mass is 254 g/mol. The highest BCUT2D eigenvalue weighted by Crippen LogP contribution is 2.33. The summed E-state index contributed by atoms with van der Waals surface area (Å²) in [5.41, 5.74) is 0.665. The van der Waals surface area contributed by atoms with Crippen LogP contribution in [-0.4, -0.2) is 28.5 Å². The van der Waals surface area contributed by atoms with Gasteiger partial charge >= 0.3 is 5.69 Å². The quantitative estimate of drug-likeness (QED) is 0.826. The fourth-order valence-electron chi connectivity index (χ4n) is 2.17. The minimum Gasteiger partial charge on any atom is -0.381 e. The van der Waals surface area contributed by atoms with Gasteiger partial charge in [0.1, 0.15) is 0 Å². The molecule has 0 amide bonds. The number of rotatable bonds is 3. The lowest BCUT2D eigenvalue weighted by Gasteiger charge is -2.36. The minimum absolute atomic E-state index is 0.0716. The molecule has 0 aromatic carbocycles.